The molecule has 1 aromatic carbocycles. The van der Waals surface area contributed by atoms with E-state index in [4.69, 9.17) is 5.73 Å². The number of hydrogen-bond acceptors (Lipinski definition) is 4. The van der Waals surface area contributed by atoms with Gasteiger partial charge < -0.3 is 5.73 Å². The zero-order valence-electron chi connectivity index (χ0n) is 9.48. The molecule has 2 rings (SSSR count). The summed E-state index contributed by atoms with van der Waals surface area (Å²) in [6.07, 6.45) is 2.61. The third-order valence-corrected chi connectivity index (χ3v) is 4.14. The van der Waals surface area contributed by atoms with Gasteiger partial charge >= 0.3 is 0 Å². The van der Waals surface area contributed by atoms with Crippen LogP contribution in [0, 0.1) is 0 Å². The van der Waals surface area contributed by atoms with Crippen molar-refractivity contribution in [3.63, 3.8) is 0 Å². The Balaban J connectivity index is 2.43. The molecule has 0 saturated heterocycles. The summed E-state index contributed by atoms with van der Waals surface area (Å²) in [7, 11) is -3.64. The molecule has 18 heavy (non-hydrogen) atoms. The van der Waals surface area contributed by atoms with Gasteiger partial charge in [0.1, 0.15) is 0 Å². The summed E-state index contributed by atoms with van der Waals surface area (Å²) in [6, 6.07) is 9.46. The first kappa shape index (κ1) is 12.5. The van der Waals surface area contributed by atoms with Crippen molar-refractivity contribution in [3.8, 4) is 0 Å². The van der Waals surface area contributed by atoms with Crippen LogP contribution in [0.15, 0.2) is 53.7 Å². The lowest BCUT2D eigenvalue weighted by Crippen LogP contribution is -2.14. The molecular weight excluding hydrogens is 252 g/mol. The summed E-state index contributed by atoms with van der Waals surface area (Å²) in [5, 5.41) is 0. The van der Waals surface area contributed by atoms with Crippen molar-refractivity contribution >= 4 is 15.8 Å². The Morgan fingerprint density at radius 2 is 1.83 bits per heavy atom. The highest BCUT2D eigenvalue weighted by atomic mass is 32.2. The van der Waals surface area contributed by atoms with E-state index < -0.39 is 10.0 Å². The summed E-state index contributed by atoms with van der Waals surface area (Å²) in [4.78, 5) is 11.5. The van der Waals surface area contributed by atoms with Gasteiger partial charge in [0.05, 0.1) is 11.4 Å². The quantitative estimate of drug-likeness (QED) is 0.830. The number of Topliss-reactive ketones (excluding diaryl/α,β-unsaturated/α-hetero) is 1. The van der Waals surface area contributed by atoms with Gasteiger partial charge in [0, 0.05) is 18.0 Å². The van der Waals surface area contributed by atoms with E-state index in [-0.39, 0.29) is 22.8 Å². The fraction of sp³-hybridized carbons (Fsp3) is 0.0833. The SMILES string of the molecule is NCC(=O)c1ccn(S(=O)(=O)c2ccccc2)c1. The Morgan fingerprint density at radius 1 is 1.17 bits per heavy atom. The molecule has 0 saturated carbocycles. The molecule has 0 aliphatic rings. The molecule has 2 N–H and O–H groups in total. The van der Waals surface area contributed by atoms with Crippen molar-refractivity contribution in [2.24, 2.45) is 5.73 Å². The largest absolute Gasteiger partial charge is 0.324 e. The molecule has 1 heterocycles. The average Bonchev–Trinajstić information content (AvgIpc) is 2.89. The maximum absolute atomic E-state index is 12.2. The highest BCUT2D eigenvalue weighted by molar-refractivity contribution is 7.90. The maximum Gasteiger partial charge on any atom is 0.267 e. The van der Waals surface area contributed by atoms with E-state index in [1.165, 1.54) is 30.6 Å². The van der Waals surface area contributed by atoms with Gasteiger partial charge in [0.25, 0.3) is 10.0 Å². The Hall–Kier alpha value is -1.92. The molecule has 0 atom stereocenters. The van der Waals surface area contributed by atoms with Crippen LogP contribution in [-0.2, 0) is 10.0 Å². The number of ketones is 1. The molecule has 94 valence electrons. The van der Waals surface area contributed by atoms with Crippen LogP contribution in [0.25, 0.3) is 0 Å². The van der Waals surface area contributed by atoms with Gasteiger partial charge in [0.15, 0.2) is 5.78 Å². The van der Waals surface area contributed by atoms with E-state index in [2.05, 4.69) is 0 Å². The first-order valence-corrected chi connectivity index (χ1v) is 6.71. The van der Waals surface area contributed by atoms with E-state index in [0.29, 0.717) is 0 Å². The monoisotopic (exact) mass is 264 g/mol. The molecule has 5 nitrogen and oxygen atoms in total. The summed E-state index contributed by atoms with van der Waals surface area (Å²) < 4.78 is 25.4. The van der Waals surface area contributed by atoms with Crippen LogP contribution in [0.2, 0.25) is 0 Å². The first-order valence-electron chi connectivity index (χ1n) is 5.27. The lowest BCUT2D eigenvalue weighted by molar-refractivity contribution is 0.100. The van der Waals surface area contributed by atoms with Crippen molar-refractivity contribution in [2.75, 3.05) is 6.54 Å². The molecule has 0 amide bonds. The van der Waals surface area contributed by atoms with Crippen LogP contribution in [0.4, 0.5) is 0 Å². The summed E-state index contributed by atoms with van der Waals surface area (Å²) >= 11 is 0. The second-order valence-corrected chi connectivity index (χ2v) is 5.52. The molecule has 2 aromatic rings. The number of aromatic nitrogens is 1. The molecule has 6 heteroatoms. The number of nitrogens with two attached hydrogens (primary N) is 1. The Bertz CT molecular complexity index is 660. The summed E-state index contributed by atoms with van der Waals surface area (Å²) in [5.41, 5.74) is 5.51. The average molecular weight is 264 g/mol. The van der Waals surface area contributed by atoms with Crippen LogP contribution in [-0.4, -0.2) is 24.7 Å². The Kier molecular flexibility index (Phi) is 3.31. The summed E-state index contributed by atoms with van der Waals surface area (Å²) in [5.74, 6) is -0.294. The number of carbonyl (C=O) groups is 1. The van der Waals surface area contributed by atoms with E-state index in [1.807, 2.05) is 0 Å². The fourth-order valence-corrected chi connectivity index (χ4v) is 2.74. The number of benzene rings is 1. The highest BCUT2D eigenvalue weighted by Crippen LogP contribution is 2.14. The van der Waals surface area contributed by atoms with Gasteiger partial charge in [-0.15, -0.1) is 0 Å². The van der Waals surface area contributed by atoms with Gasteiger partial charge in [-0.25, -0.2) is 12.4 Å². The second-order valence-electron chi connectivity index (χ2n) is 3.68. The molecule has 0 unspecified atom stereocenters. The van der Waals surface area contributed by atoms with Crippen molar-refractivity contribution in [1.29, 1.82) is 0 Å². The van der Waals surface area contributed by atoms with E-state index in [0.717, 1.165) is 3.97 Å². The third kappa shape index (κ3) is 2.20. The van der Waals surface area contributed by atoms with Gasteiger partial charge in [0.2, 0.25) is 0 Å². The topological polar surface area (TPSA) is 82.2 Å². The Labute approximate surface area is 105 Å². The number of nitrogens with zero attached hydrogens (tertiary/aromatic N) is 1. The van der Waals surface area contributed by atoms with Gasteiger partial charge in [-0.1, -0.05) is 18.2 Å². The maximum atomic E-state index is 12.2. The molecule has 0 fully saturated rings. The fourth-order valence-electron chi connectivity index (χ4n) is 1.52. The zero-order valence-corrected chi connectivity index (χ0v) is 10.3. The molecular formula is C12H12N2O3S. The predicted molar refractivity (Wildman–Crippen MR) is 66.8 cm³/mol. The van der Waals surface area contributed by atoms with Crippen molar-refractivity contribution < 1.29 is 13.2 Å². The van der Waals surface area contributed by atoms with E-state index >= 15 is 0 Å². The molecule has 0 aliphatic carbocycles. The normalized spacial score (nSPS) is 11.4. The predicted octanol–water partition coefficient (Wildman–Crippen LogP) is 0.866. The van der Waals surface area contributed by atoms with Crippen molar-refractivity contribution in [2.45, 2.75) is 4.90 Å². The molecule has 1 aromatic heterocycles. The van der Waals surface area contributed by atoms with E-state index in [1.54, 1.807) is 18.2 Å². The third-order valence-electron chi connectivity index (χ3n) is 2.49. The smallest absolute Gasteiger partial charge is 0.267 e. The minimum absolute atomic E-state index is 0.143. The number of carbonyl (C=O) groups excluding carboxylic acids is 1. The second kappa shape index (κ2) is 4.75. The molecule has 0 spiro atoms. The minimum atomic E-state index is -3.64. The Morgan fingerprint density at radius 3 is 2.44 bits per heavy atom. The molecule has 0 aliphatic heterocycles. The van der Waals surface area contributed by atoms with Crippen molar-refractivity contribution in [1.82, 2.24) is 3.97 Å². The van der Waals surface area contributed by atoms with Crippen LogP contribution in [0.1, 0.15) is 10.4 Å². The molecule has 0 bridgehead atoms. The van der Waals surface area contributed by atoms with Gasteiger partial charge in [-0.05, 0) is 18.2 Å². The lowest BCUT2D eigenvalue weighted by atomic mass is 10.2. The minimum Gasteiger partial charge on any atom is -0.324 e. The van der Waals surface area contributed by atoms with Crippen LogP contribution < -0.4 is 5.73 Å². The van der Waals surface area contributed by atoms with Crippen molar-refractivity contribution in [3.05, 3.63) is 54.4 Å². The van der Waals surface area contributed by atoms with Gasteiger partial charge in [-0.3, -0.25) is 4.79 Å². The highest BCUT2D eigenvalue weighted by Gasteiger charge is 2.17. The van der Waals surface area contributed by atoms with Crippen LogP contribution in [0.3, 0.4) is 0 Å². The van der Waals surface area contributed by atoms with Crippen LogP contribution >= 0.6 is 0 Å². The lowest BCUT2D eigenvalue weighted by Gasteiger charge is -2.04. The zero-order chi connectivity index (χ0) is 13.2. The first-order chi connectivity index (χ1) is 8.55. The van der Waals surface area contributed by atoms with Crippen LogP contribution in [0.5, 0.6) is 0 Å². The number of rotatable bonds is 4. The summed E-state index contributed by atoms with van der Waals surface area (Å²) in [6.45, 7) is -0.143. The standard InChI is InChI=1S/C12H12N2O3S/c13-8-12(15)10-6-7-14(9-10)18(16,17)11-4-2-1-3-5-11/h1-7,9H,8,13H2. The molecule has 0 radical (unpaired) electrons. The van der Waals surface area contributed by atoms with E-state index in [9.17, 15) is 13.2 Å². The van der Waals surface area contributed by atoms with Gasteiger partial charge in [-0.2, -0.15) is 0 Å². The number of hydrogen-bond donors (Lipinski definition) is 1.